The second-order valence-corrected chi connectivity index (χ2v) is 7.46. The summed E-state index contributed by atoms with van der Waals surface area (Å²) < 4.78 is 36.6. The van der Waals surface area contributed by atoms with E-state index in [0.29, 0.717) is 5.56 Å². The SMILES string of the molecule is O=C(OC[C@H]1O[C@H](OC(=O)c2ccccc2)[C@@H]([18F])[C@@H]1OC(=O)c1ccccc1)c1ccccc1. The number of ether oxygens (including phenoxy) is 4. The van der Waals surface area contributed by atoms with Gasteiger partial charge in [-0.3, -0.25) is 0 Å². The van der Waals surface area contributed by atoms with Crippen LogP contribution in [-0.2, 0) is 18.9 Å². The van der Waals surface area contributed by atoms with Gasteiger partial charge in [-0.15, -0.1) is 0 Å². The summed E-state index contributed by atoms with van der Waals surface area (Å²) in [7, 11) is 0. The van der Waals surface area contributed by atoms with Crippen molar-refractivity contribution in [1.82, 2.24) is 0 Å². The third-order valence-electron chi connectivity index (χ3n) is 5.12. The highest BCUT2D eigenvalue weighted by Gasteiger charge is 2.50. The highest BCUT2D eigenvalue weighted by atomic mass is 18.2. The Kier molecular flexibility index (Phi) is 7.29. The number of halogens is 1. The second kappa shape index (κ2) is 10.7. The van der Waals surface area contributed by atoms with E-state index in [9.17, 15) is 14.4 Å². The maximum Gasteiger partial charge on any atom is 0.340 e. The van der Waals surface area contributed by atoms with Gasteiger partial charge in [0, 0.05) is 0 Å². The van der Waals surface area contributed by atoms with Crippen molar-refractivity contribution >= 4 is 17.9 Å². The van der Waals surface area contributed by atoms with E-state index >= 15 is 4.39 Å². The van der Waals surface area contributed by atoms with Crippen LogP contribution in [0.3, 0.4) is 0 Å². The third kappa shape index (κ3) is 5.47. The van der Waals surface area contributed by atoms with E-state index in [0.717, 1.165) is 0 Å². The van der Waals surface area contributed by atoms with Gasteiger partial charge in [-0.05, 0) is 36.4 Å². The number of alkyl halides is 1. The Morgan fingerprint density at radius 1 is 0.676 bits per heavy atom. The Labute approximate surface area is 195 Å². The molecule has 34 heavy (non-hydrogen) atoms. The molecule has 3 aromatic carbocycles. The number of esters is 3. The summed E-state index contributed by atoms with van der Waals surface area (Å²) in [6, 6.07) is 24.2. The highest BCUT2D eigenvalue weighted by Crippen LogP contribution is 2.29. The average Bonchev–Trinajstić information content (AvgIpc) is 3.17. The summed E-state index contributed by atoms with van der Waals surface area (Å²) >= 11 is 0. The molecule has 1 aliphatic rings. The fraction of sp³-hybridized carbons (Fsp3) is 0.192. The van der Waals surface area contributed by atoms with E-state index in [4.69, 9.17) is 18.9 Å². The molecule has 1 fully saturated rings. The molecule has 0 aromatic heterocycles. The Hall–Kier alpha value is -4.04. The number of benzene rings is 3. The summed E-state index contributed by atoms with van der Waals surface area (Å²) in [5.41, 5.74) is 0.705. The van der Waals surface area contributed by atoms with E-state index in [2.05, 4.69) is 0 Å². The van der Waals surface area contributed by atoms with Gasteiger partial charge in [0.15, 0.2) is 6.10 Å². The van der Waals surface area contributed by atoms with Gasteiger partial charge < -0.3 is 18.9 Å². The van der Waals surface area contributed by atoms with Crippen LogP contribution >= 0.6 is 0 Å². The Bertz CT molecular complexity index is 1120. The zero-order chi connectivity index (χ0) is 23.9. The van der Waals surface area contributed by atoms with Crippen LogP contribution in [0.1, 0.15) is 31.1 Å². The standard InChI is InChI=1S/C26H21FO7/c27-21-22(33-24(29)18-12-6-2-7-13-18)20(16-31-23(28)17-10-4-1-5-11-17)32-26(21)34-25(30)19-14-8-3-9-15-19/h1-15,20-22,26H,16H2/t20-,21+,22-,26-/m1/s1/i27-1. The summed E-state index contributed by atoms with van der Waals surface area (Å²) in [5, 5.41) is 0. The minimum atomic E-state index is -2.00. The molecule has 4 rings (SSSR count). The first-order valence-electron chi connectivity index (χ1n) is 10.6. The van der Waals surface area contributed by atoms with Crippen molar-refractivity contribution < 1.29 is 37.7 Å². The molecule has 7 nitrogen and oxygen atoms in total. The molecule has 0 bridgehead atoms. The number of hydrogen-bond acceptors (Lipinski definition) is 7. The molecule has 0 unspecified atom stereocenters. The molecule has 1 aliphatic heterocycles. The lowest BCUT2D eigenvalue weighted by Crippen LogP contribution is -2.37. The van der Waals surface area contributed by atoms with E-state index in [1.54, 1.807) is 66.7 Å². The fourth-order valence-corrected chi connectivity index (χ4v) is 3.38. The molecule has 1 heterocycles. The van der Waals surface area contributed by atoms with Crippen LogP contribution < -0.4 is 0 Å². The van der Waals surface area contributed by atoms with Crippen molar-refractivity contribution in [2.24, 2.45) is 0 Å². The van der Waals surface area contributed by atoms with Crippen LogP contribution in [0.15, 0.2) is 91.0 Å². The molecule has 4 atom stereocenters. The lowest BCUT2D eigenvalue weighted by molar-refractivity contribution is -0.129. The van der Waals surface area contributed by atoms with Crippen LogP contribution in [0, 0.1) is 0 Å². The zero-order valence-electron chi connectivity index (χ0n) is 17.9. The maximum absolute atomic E-state index is 15.3. The van der Waals surface area contributed by atoms with E-state index in [1.807, 2.05) is 0 Å². The lowest BCUT2D eigenvalue weighted by Gasteiger charge is -2.19. The van der Waals surface area contributed by atoms with Gasteiger partial charge in [-0.2, -0.15) is 0 Å². The van der Waals surface area contributed by atoms with Gasteiger partial charge in [0.05, 0.1) is 16.7 Å². The molecule has 3 aromatic rings. The van der Waals surface area contributed by atoms with Crippen molar-refractivity contribution in [2.45, 2.75) is 24.7 Å². The van der Waals surface area contributed by atoms with Crippen molar-refractivity contribution in [3.8, 4) is 0 Å². The number of carbonyl (C=O) groups is 3. The summed E-state index contributed by atoms with van der Waals surface area (Å²) in [6.07, 6.45) is -6.31. The van der Waals surface area contributed by atoms with Gasteiger partial charge in [0.1, 0.15) is 12.7 Å². The first-order valence-corrected chi connectivity index (χ1v) is 10.6. The first kappa shape index (κ1) is 23.1. The molecule has 0 spiro atoms. The molecule has 0 amide bonds. The van der Waals surface area contributed by atoms with Gasteiger partial charge in [0.2, 0.25) is 12.5 Å². The number of hydrogen-bond donors (Lipinski definition) is 0. The predicted octanol–water partition coefficient (Wildman–Crippen LogP) is 3.99. The fourth-order valence-electron chi connectivity index (χ4n) is 3.38. The summed E-state index contributed by atoms with van der Waals surface area (Å²) in [4.78, 5) is 37.2. The van der Waals surface area contributed by atoms with E-state index in [-0.39, 0.29) is 11.1 Å². The Morgan fingerprint density at radius 3 is 1.62 bits per heavy atom. The monoisotopic (exact) mass is 463 g/mol. The topological polar surface area (TPSA) is 88.1 Å². The smallest absolute Gasteiger partial charge is 0.340 e. The minimum absolute atomic E-state index is 0.204. The van der Waals surface area contributed by atoms with Crippen molar-refractivity contribution in [3.63, 3.8) is 0 Å². The van der Waals surface area contributed by atoms with Crippen LogP contribution in [0.4, 0.5) is 4.39 Å². The average molecular weight is 463 g/mol. The van der Waals surface area contributed by atoms with Crippen LogP contribution in [0.25, 0.3) is 0 Å². The Morgan fingerprint density at radius 2 is 1.12 bits per heavy atom. The Balaban J connectivity index is 1.47. The quantitative estimate of drug-likeness (QED) is 0.387. The van der Waals surface area contributed by atoms with Crippen molar-refractivity contribution in [3.05, 3.63) is 108 Å². The number of carbonyl (C=O) groups excluding carboxylic acids is 3. The first-order chi connectivity index (χ1) is 16.5. The van der Waals surface area contributed by atoms with Crippen LogP contribution in [0.5, 0.6) is 0 Å². The lowest BCUT2D eigenvalue weighted by atomic mass is 10.1. The van der Waals surface area contributed by atoms with Crippen LogP contribution in [0.2, 0.25) is 0 Å². The molecule has 8 heteroatoms. The maximum atomic E-state index is 15.3. The molecule has 0 aliphatic carbocycles. The highest BCUT2D eigenvalue weighted by molar-refractivity contribution is 5.90. The molecular weight excluding hydrogens is 442 g/mol. The predicted molar refractivity (Wildman–Crippen MR) is 118 cm³/mol. The van der Waals surface area contributed by atoms with Gasteiger partial charge in [-0.25, -0.2) is 18.8 Å². The van der Waals surface area contributed by atoms with Crippen molar-refractivity contribution in [2.75, 3.05) is 6.61 Å². The largest absolute Gasteiger partial charge is 0.459 e. The van der Waals surface area contributed by atoms with Gasteiger partial charge >= 0.3 is 17.9 Å². The zero-order valence-corrected chi connectivity index (χ0v) is 17.9. The minimum Gasteiger partial charge on any atom is -0.459 e. The van der Waals surface area contributed by atoms with Crippen molar-refractivity contribution in [1.29, 1.82) is 0 Å². The third-order valence-corrected chi connectivity index (χ3v) is 5.12. The summed E-state index contributed by atoms with van der Waals surface area (Å²) in [6.45, 7) is -0.416. The molecule has 0 radical (unpaired) electrons. The molecule has 0 saturated carbocycles. The van der Waals surface area contributed by atoms with Gasteiger partial charge in [-0.1, -0.05) is 54.6 Å². The summed E-state index contributed by atoms with van der Waals surface area (Å²) in [5.74, 6) is -2.24. The molecule has 0 N–H and O–H groups in total. The molecular formula is C26H21FO7. The van der Waals surface area contributed by atoms with E-state index in [1.165, 1.54) is 24.3 Å². The normalized spacial score (nSPS) is 21.4. The molecule has 174 valence electrons. The molecule has 1 saturated heterocycles. The van der Waals surface area contributed by atoms with Gasteiger partial charge in [0.25, 0.3) is 0 Å². The van der Waals surface area contributed by atoms with Crippen LogP contribution in [-0.4, -0.2) is 49.2 Å². The van der Waals surface area contributed by atoms with E-state index < -0.39 is 49.2 Å². The second-order valence-electron chi connectivity index (χ2n) is 7.46. The number of rotatable bonds is 7.